The molecule has 5 aromatic rings. The molecule has 2 aromatic heterocycles. The summed E-state index contributed by atoms with van der Waals surface area (Å²) in [5.41, 5.74) is 7.65. The van der Waals surface area contributed by atoms with Gasteiger partial charge >= 0.3 is 0 Å². The molecule has 0 saturated carbocycles. The maximum absolute atomic E-state index is 14.6. The molecule has 0 unspecified atom stereocenters. The lowest BCUT2D eigenvalue weighted by atomic mass is 10.1. The number of hydrogen-bond donors (Lipinski definition) is 5. The van der Waals surface area contributed by atoms with Gasteiger partial charge in [0.15, 0.2) is 11.6 Å². The van der Waals surface area contributed by atoms with Crippen LogP contribution in [0.1, 0.15) is 21.6 Å². The molecular weight excluding hydrogens is 558 g/mol. The monoisotopic (exact) mass is 582 g/mol. The molecule has 0 fully saturated rings. The molecule has 0 aliphatic carbocycles. The van der Waals surface area contributed by atoms with Gasteiger partial charge in [-0.25, -0.2) is 13.5 Å². The number of rotatable bonds is 10. The Hall–Kier alpha value is -4.79. The van der Waals surface area contributed by atoms with Gasteiger partial charge < -0.3 is 20.6 Å². The van der Waals surface area contributed by atoms with Gasteiger partial charge in [0.2, 0.25) is 5.78 Å². The van der Waals surface area contributed by atoms with Crippen molar-refractivity contribution in [3.63, 3.8) is 0 Å². The first-order valence-corrected chi connectivity index (χ1v) is 13.7. The fourth-order valence-corrected chi connectivity index (χ4v) is 5.05. The van der Waals surface area contributed by atoms with Crippen molar-refractivity contribution in [2.45, 2.75) is 6.92 Å². The third kappa shape index (κ3) is 5.75. The molecule has 14 heteroatoms. The molecule has 0 saturated heterocycles. The number of nitrogens with zero attached hydrogens (tertiary/aromatic N) is 2. The Labute approximate surface area is 232 Å². The molecule has 212 valence electrons. The highest BCUT2D eigenvalue weighted by Gasteiger charge is 2.22. The van der Waals surface area contributed by atoms with Crippen molar-refractivity contribution in [2.24, 2.45) is 0 Å². The van der Waals surface area contributed by atoms with Crippen molar-refractivity contribution >= 4 is 38.4 Å². The minimum Gasteiger partial charge on any atom is -0.454 e. The van der Waals surface area contributed by atoms with Crippen LogP contribution in [0.25, 0.3) is 16.6 Å². The Kier molecular flexibility index (Phi) is 7.45. The zero-order chi connectivity index (χ0) is 29.3. The topological polar surface area (TPSA) is 164 Å². The van der Waals surface area contributed by atoms with Crippen LogP contribution < -0.4 is 19.9 Å². The highest BCUT2D eigenvalue weighted by Crippen LogP contribution is 2.30. The number of fused-ring (bicyclic) bond motifs is 1. The minimum atomic E-state index is -4.13. The molecule has 0 amide bonds. The van der Waals surface area contributed by atoms with Gasteiger partial charge in [-0.05, 0) is 61.0 Å². The summed E-state index contributed by atoms with van der Waals surface area (Å²) in [6.45, 7) is 1.10. The Bertz CT molecular complexity index is 1890. The first-order chi connectivity index (χ1) is 19.6. The maximum Gasteiger partial charge on any atom is 0.299 e. The number of hydrogen-bond acceptors (Lipinski definition) is 7. The third-order valence-corrected chi connectivity index (χ3v) is 7.19. The summed E-state index contributed by atoms with van der Waals surface area (Å²) in [7, 11) is -4.13. The number of aliphatic hydroxyl groups excluding tert-OH is 1. The van der Waals surface area contributed by atoms with Gasteiger partial charge in [0.1, 0.15) is 17.4 Å². The molecule has 41 heavy (non-hydrogen) atoms. The van der Waals surface area contributed by atoms with E-state index in [1.54, 1.807) is 37.3 Å². The van der Waals surface area contributed by atoms with Crippen molar-refractivity contribution in [1.29, 1.82) is 0 Å². The molecule has 2 heterocycles. The first-order valence-electron chi connectivity index (χ1n) is 12.2. The number of H-pyrrole nitrogens is 1. The molecule has 6 N–H and O–H groups in total. The molecule has 0 radical (unpaired) electrons. The molecule has 0 aliphatic rings. The summed E-state index contributed by atoms with van der Waals surface area (Å²) >= 11 is 0. The van der Waals surface area contributed by atoms with Gasteiger partial charge in [-0.3, -0.25) is 9.52 Å². The van der Waals surface area contributed by atoms with Crippen LogP contribution in [0, 0.1) is 18.6 Å². The number of carbonyl (C=O) groups excluding carboxylic acids is 1. The lowest BCUT2D eigenvalue weighted by molar-refractivity contribution is 0.103. The number of ketones is 1. The maximum atomic E-state index is 14.6. The predicted molar refractivity (Wildman–Crippen MR) is 149 cm³/mol. The number of nitrogens with one attached hydrogen (secondary N) is 3. The highest BCUT2D eigenvalue weighted by molar-refractivity contribution is 7.90. The van der Waals surface area contributed by atoms with E-state index >= 15 is 0 Å². The lowest BCUT2D eigenvalue weighted by Crippen LogP contribution is -2.32. The molecule has 0 bridgehead atoms. The van der Waals surface area contributed by atoms with E-state index in [1.807, 2.05) is 4.72 Å². The molecule has 0 spiro atoms. The van der Waals surface area contributed by atoms with Crippen LogP contribution in [0.4, 0.5) is 20.3 Å². The average molecular weight is 583 g/mol. The van der Waals surface area contributed by atoms with E-state index in [2.05, 4.69) is 14.8 Å². The molecule has 11 nitrogen and oxygen atoms in total. The van der Waals surface area contributed by atoms with E-state index < -0.39 is 34.2 Å². The van der Waals surface area contributed by atoms with Crippen molar-refractivity contribution in [3.8, 4) is 17.2 Å². The molecule has 0 aliphatic heterocycles. The zero-order valence-corrected chi connectivity index (χ0v) is 22.3. The summed E-state index contributed by atoms with van der Waals surface area (Å²) in [6.07, 6.45) is 1.30. The molecule has 0 atom stereocenters. The Morgan fingerprint density at radius 1 is 1.12 bits per heavy atom. The fourth-order valence-electron chi connectivity index (χ4n) is 4.17. The number of anilines is 2. The van der Waals surface area contributed by atoms with E-state index in [-0.39, 0.29) is 35.1 Å². The van der Waals surface area contributed by atoms with Crippen LogP contribution in [0.5, 0.6) is 11.5 Å². The smallest absolute Gasteiger partial charge is 0.299 e. The number of ether oxygens (including phenoxy) is 1. The predicted octanol–water partition coefficient (Wildman–Crippen LogP) is 3.78. The minimum absolute atomic E-state index is 0.0501. The summed E-state index contributed by atoms with van der Waals surface area (Å²) in [5.74, 6) is -1.36. The summed E-state index contributed by atoms with van der Waals surface area (Å²) in [6, 6.07) is 14.7. The third-order valence-electron chi connectivity index (χ3n) is 6.11. The summed E-state index contributed by atoms with van der Waals surface area (Å²) < 4.78 is 63.7. The number of aliphatic hydroxyl groups is 1. The van der Waals surface area contributed by atoms with Gasteiger partial charge in [0, 0.05) is 17.4 Å². The van der Waals surface area contributed by atoms with Gasteiger partial charge in [0.25, 0.3) is 10.2 Å². The van der Waals surface area contributed by atoms with E-state index in [1.165, 1.54) is 35.1 Å². The van der Waals surface area contributed by atoms with Gasteiger partial charge in [-0.2, -0.15) is 18.2 Å². The number of para-hydroxylation sites is 1. The first kappa shape index (κ1) is 27.8. The number of aromatic amines is 1. The number of aromatic nitrogens is 3. The average Bonchev–Trinajstić information content (AvgIpc) is 3.51. The SMILES string of the molecule is Cc1cc(Oc2ccccc2F)ccc1-n1ncc(C(=O)c2cc3cc(F)c(NS(=O)(=O)NCCO)cc3[nH]2)c1N. The number of carbonyl (C=O) groups is 1. The van der Waals surface area contributed by atoms with Crippen LogP contribution in [0.3, 0.4) is 0 Å². The normalized spacial score (nSPS) is 11.6. The number of benzene rings is 3. The fraction of sp³-hybridized carbons (Fsp3) is 0.111. The van der Waals surface area contributed by atoms with Crippen LogP contribution in [0.2, 0.25) is 0 Å². The van der Waals surface area contributed by atoms with Gasteiger partial charge in [0.05, 0.1) is 35.4 Å². The largest absolute Gasteiger partial charge is 0.454 e. The highest BCUT2D eigenvalue weighted by atomic mass is 32.2. The second-order valence-corrected chi connectivity index (χ2v) is 10.5. The van der Waals surface area contributed by atoms with Crippen LogP contribution in [0.15, 0.2) is 66.9 Å². The Balaban J connectivity index is 1.39. The van der Waals surface area contributed by atoms with E-state index in [0.717, 1.165) is 6.07 Å². The number of nitrogen functional groups attached to an aromatic ring is 1. The second kappa shape index (κ2) is 11.0. The van der Waals surface area contributed by atoms with E-state index in [0.29, 0.717) is 27.9 Å². The Morgan fingerprint density at radius 3 is 2.63 bits per heavy atom. The van der Waals surface area contributed by atoms with Crippen LogP contribution in [-0.4, -0.2) is 47.2 Å². The van der Waals surface area contributed by atoms with Crippen LogP contribution in [-0.2, 0) is 10.2 Å². The summed E-state index contributed by atoms with van der Waals surface area (Å²) in [5, 5.41) is 13.4. The number of nitrogens with two attached hydrogens (primary N) is 1. The zero-order valence-electron chi connectivity index (χ0n) is 21.5. The molecular formula is C27H24F2N6O5S. The quantitative estimate of drug-likeness (QED) is 0.156. The molecule has 3 aromatic carbocycles. The second-order valence-electron chi connectivity index (χ2n) is 8.99. The number of aryl methyl sites for hydroxylation is 1. The standard InChI is InChI=1S/C27H24F2N6O5S/c1-15-10-17(40-25-5-3-2-4-19(25)28)6-7-24(15)35-27(30)18(14-31-35)26(37)23-12-16-11-20(29)22(13-21(16)33-23)34-41(38,39)32-8-9-36/h2-7,10-14,32-34,36H,8-9,30H2,1H3. The van der Waals surface area contributed by atoms with Crippen molar-refractivity contribution in [2.75, 3.05) is 23.6 Å². The van der Waals surface area contributed by atoms with Crippen molar-refractivity contribution in [3.05, 3.63) is 95.3 Å². The molecule has 5 rings (SSSR count). The number of halogens is 2. The Morgan fingerprint density at radius 2 is 1.90 bits per heavy atom. The van der Waals surface area contributed by atoms with E-state index in [9.17, 15) is 22.0 Å². The van der Waals surface area contributed by atoms with Crippen molar-refractivity contribution < 1.29 is 31.8 Å². The summed E-state index contributed by atoms with van der Waals surface area (Å²) in [4.78, 5) is 16.2. The van der Waals surface area contributed by atoms with Gasteiger partial charge in [-0.15, -0.1) is 0 Å². The van der Waals surface area contributed by atoms with Crippen LogP contribution >= 0.6 is 0 Å². The van der Waals surface area contributed by atoms with E-state index in [4.69, 9.17) is 15.6 Å². The lowest BCUT2D eigenvalue weighted by Gasteiger charge is -2.12. The van der Waals surface area contributed by atoms with Gasteiger partial charge in [-0.1, -0.05) is 12.1 Å². The van der Waals surface area contributed by atoms with Crippen molar-refractivity contribution in [1.82, 2.24) is 19.5 Å².